The number of hydrogen-bond acceptors (Lipinski definition) is 8. The van der Waals surface area contributed by atoms with E-state index < -0.39 is 23.4 Å². The molecular weight excluding hydrogens is 660 g/mol. The van der Waals surface area contributed by atoms with Crippen LogP contribution in [0.15, 0.2) is 48.5 Å². The standard InChI is InChI=1S/C42H64N2O8/c1-41(2,49)37(45)35-25-21-33(22-26-35)31-51-39(47)43-29-19-17-15-13-11-9-7-5-6-8-10-12-14-16-18-20-30-44-40(48)52-32-34-23-27-36(28-24-34)38(46)42(3,4)50/h21-28,49-50H,5-20,29-32H2,1-4H3,(H,43,47)(H,44,48). The number of rotatable bonds is 27. The molecule has 0 bridgehead atoms. The predicted molar refractivity (Wildman–Crippen MR) is 204 cm³/mol. The average Bonchev–Trinajstić information content (AvgIpc) is 3.11. The van der Waals surface area contributed by atoms with Crippen molar-refractivity contribution in [2.75, 3.05) is 13.1 Å². The minimum atomic E-state index is -1.42. The molecule has 2 amide bonds. The van der Waals surface area contributed by atoms with E-state index in [0.29, 0.717) is 24.2 Å². The molecule has 0 aromatic heterocycles. The lowest BCUT2D eigenvalue weighted by Gasteiger charge is -2.15. The van der Waals surface area contributed by atoms with Crippen molar-refractivity contribution in [2.24, 2.45) is 0 Å². The van der Waals surface area contributed by atoms with Crippen LogP contribution >= 0.6 is 0 Å². The topological polar surface area (TPSA) is 151 Å². The normalized spacial score (nSPS) is 11.6. The molecule has 0 aliphatic heterocycles. The SMILES string of the molecule is CC(C)(O)C(=O)c1ccc(COC(=O)NCCCCCCCCCCCCCCCCCCNC(=O)OCc2ccc(C(=O)C(C)(C)O)cc2)cc1. The highest BCUT2D eigenvalue weighted by atomic mass is 16.6. The van der Waals surface area contributed by atoms with E-state index in [0.717, 1.165) is 36.8 Å². The molecule has 0 aliphatic rings. The molecule has 10 nitrogen and oxygen atoms in total. The van der Waals surface area contributed by atoms with Gasteiger partial charge in [0.15, 0.2) is 11.6 Å². The number of aliphatic hydroxyl groups is 2. The third-order valence-corrected chi connectivity index (χ3v) is 8.93. The highest BCUT2D eigenvalue weighted by Crippen LogP contribution is 2.16. The van der Waals surface area contributed by atoms with Crippen LogP contribution < -0.4 is 10.6 Å². The number of carbonyl (C=O) groups excluding carboxylic acids is 4. The second-order valence-electron chi connectivity index (χ2n) is 14.8. The Morgan fingerprint density at radius 3 is 0.962 bits per heavy atom. The molecule has 4 N–H and O–H groups in total. The van der Waals surface area contributed by atoms with E-state index >= 15 is 0 Å². The monoisotopic (exact) mass is 724 g/mol. The van der Waals surface area contributed by atoms with Gasteiger partial charge in [-0.25, -0.2) is 9.59 Å². The number of hydrogen-bond donors (Lipinski definition) is 4. The van der Waals surface area contributed by atoms with Gasteiger partial charge in [-0.1, -0.05) is 138 Å². The van der Waals surface area contributed by atoms with E-state index in [4.69, 9.17) is 9.47 Å². The molecule has 0 saturated heterocycles. The van der Waals surface area contributed by atoms with E-state index in [1.54, 1.807) is 48.5 Å². The van der Waals surface area contributed by atoms with Crippen molar-refractivity contribution in [3.8, 4) is 0 Å². The molecule has 0 unspecified atom stereocenters. The van der Waals surface area contributed by atoms with Crippen LogP contribution in [0.4, 0.5) is 9.59 Å². The van der Waals surface area contributed by atoms with Gasteiger partial charge in [-0.05, 0) is 51.7 Å². The molecule has 0 aliphatic carbocycles. The first kappa shape index (κ1) is 44.4. The average molecular weight is 725 g/mol. The van der Waals surface area contributed by atoms with Crippen molar-refractivity contribution in [3.05, 3.63) is 70.8 Å². The van der Waals surface area contributed by atoms with Gasteiger partial charge < -0.3 is 30.3 Å². The van der Waals surface area contributed by atoms with Crippen LogP contribution in [0.2, 0.25) is 0 Å². The van der Waals surface area contributed by atoms with Crippen molar-refractivity contribution in [3.63, 3.8) is 0 Å². The maximum atomic E-state index is 12.1. The maximum Gasteiger partial charge on any atom is 0.407 e. The molecule has 0 atom stereocenters. The lowest BCUT2D eigenvalue weighted by atomic mass is 9.96. The van der Waals surface area contributed by atoms with E-state index in [2.05, 4.69) is 10.6 Å². The van der Waals surface area contributed by atoms with Gasteiger partial charge >= 0.3 is 12.2 Å². The lowest BCUT2D eigenvalue weighted by molar-refractivity contribution is 0.0487. The molecule has 2 rings (SSSR count). The van der Waals surface area contributed by atoms with E-state index in [-0.39, 0.29) is 24.8 Å². The van der Waals surface area contributed by atoms with Gasteiger partial charge in [0, 0.05) is 24.2 Å². The van der Waals surface area contributed by atoms with Gasteiger partial charge in [-0.2, -0.15) is 0 Å². The van der Waals surface area contributed by atoms with Crippen LogP contribution in [-0.2, 0) is 22.7 Å². The predicted octanol–water partition coefficient (Wildman–Crippen LogP) is 8.99. The van der Waals surface area contributed by atoms with Crippen molar-refractivity contribution in [2.45, 2.75) is 155 Å². The Hall–Kier alpha value is -3.76. The molecule has 0 fully saturated rings. The molecule has 2 aromatic rings. The molecule has 0 heterocycles. The number of alkyl carbamates (subject to hydrolysis) is 2. The van der Waals surface area contributed by atoms with Crippen LogP contribution in [0.3, 0.4) is 0 Å². The second-order valence-corrected chi connectivity index (χ2v) is 14.8. The van der Waals surface area contributed by atoms with Crippen molar-refractivity contribution >= 4 is 23.8 Å². The zero-order chi connectivity index (χ0) is 38.2. The van der Waals surface area contributed by atoms with Crippen LogP contribution in [0.5, 0.6) is 0 Å². The Bertz CT molecular complexity index is 1220. The summed E-state index contributed by atoms with van der Waals surface area (Å²) in [5.41, 5.74) is -0.437. The van der Waals surface area contributed by atoms with Gasteiger partial charge in [0.05, 0.1) is 0 Å². The highest BCUT2D eigenvalue weighted by molar-refractivity contribution is 6.02. The summed E-state index contributed by atoms with van der Waals surface area (Å²) in [4.78, 5) is 48.1. The first-order chi connectivity index (χ1) is 24.8. The fourth-order valence-corrected chi connectivity index (χ4v) is 5.72. The highest BCUT2D eigenvalue weighted by Gasteiger charge is 2.25. The Morgan fingerprint density at radius 2 is 0.712 bits per heavy atom. The van der Waals surface area contributed by atoms with Crippen molar-refractivity contribution < 1.29 is 38.9 Å². The Labute approximate surface area is 311 Å². The molecule has 0 saturated carbocycles. The number of unbranched alkanes of at least 4 members (excludes halogenated alkanes) is 15. The molecule has 2 aromatic carbocycles. The molecule has 0 radical (unpaired) electrons. The Kier molecular flexibility index (Phi) is 20.9. The lowest BCUT2D eigenvalue weighted by Crippen LogP contribution is -2.31. The smallest absolute Gasteiger partial charge is 0.407 e. The zero-order valence-corrected chi connectivity index (χ0v) is 32.1. The number of carbonyl (C=O) groups is 4. The van der Waals surface area contributed by atoms with E-state index in [1.807, 2.05) is 0 Å². The number of amides is 2. The molecule has 0 spiro atoms. The molecule has 52 heavy (non-hydrogen) atoms. The zero-order valence-electron chi connectivity index (χ0n) is 32.1. The summed E-state index contributed by atoms with van der Waals surface area (Å²) in [5.74, 6) is -0.697. The van der Waals surface area contributed by atoms with Crippen molar-refractivity contribution in [1.82, 2.24) is 10.6 Å². The van der Waals surface area contributed by atoms with Crippen LogP contribution in [0, 0.1) is 0 Å². The van der Waals surface area contributed by atoms with Crippen molar-refractivity contribution in [1.29, 1.82) is 0 Å². The minimum Gasteiger partial charge on any atom is -0.445 e. The van der Waals surface area contributed by atoms with Crippen LogP contribution in [0.1, 0.15) is 162 Å². The number of nitrogens with one attached hydrogen (secondary N) is 2. The summed E-state index contributed by atoms with van der Waals surface area (Å²) in [6.45, 7) is 7.29. The summed E-state index contributed by atoms with van der Waals surface area (Å²) >= 11 is 0. The minimum absolute atomic E-state index is 0.128. The quantitative estimate of drug-likeness (QED) is 0.0527. The second kappa shape index (κ2) is 24.5. The van der Waals surface area contributed by atoms with Crippen LogP contribution in [-0.4, -0.2) is 58.3 Å². The molecule has 290 valence electrons. The van der Waals surface area contributed by atoms with Gasteiger partial charge in [-0.3, -0.25) is 9.59 Å². The largest absolute Gasteiger partial charge is 0.445 e. The molecular formula is C42H64N2O8. The first-order valence-electron chi connectivity index (χ1n) is 19.3. The fraction of sp³-hybridized carbons (Fsp3) is 0.619. The van der Waals surface area contributed by atoms with E-state index in [1.165, 1.54) is 105 Å². The van der Waals surface area contributed by atoms with E-state index in [9.17, 15) is 29.4 Å². The van der Waals surface area contributed by atoms with Gasteiger partial charge in [0.1, 0.15) is 24.4 Å². The first-order valence-corrected chi connectivity index (χ1v) is 19.3. The van der Waals surface area contributed by atoms with Gasteiger partial charge in [0.25, 0.3) is 0 Å². The number of Topliss-reactive ketones (excluding diaryl/α,β-unsaturated/α-hetero) is 2. The summed E-state index contributed by atoms with van der Waals surface area (Å²) in [5, 5.41) is 25.3. The number of ether oxygens (including phenoxy) is 2. The number of ketones is 2. The third kappa shape index (κ3) is 19.7. The summed E-state index contributed by atoms with van der Waals surface area (Å²) in [7, 11) is 0. The maximum absolute atomic E-state index is 12.1. The summed E-state index contributed by atoms with van der Waals surface area (Å²) in [6, 6.07) is 13.4. The van der Waals surface area contributed by atoms with Crippen LogP contribution in [0.25, 0.3) is 0 Å². The van der Waals surface area contributed by atoms with Gasteiger partial charge in [0.2, 0.25) is 0 Å². The number of benzene rings is 2. The Morgan fingerprint density at radius 1 is 0.462 bits per heavy atom. The van der Waals surface area contributed by atoms with Gasteiger partial charge in [-0.15, -0.1) is 0 Å². The molecule has 10 heteroatoms. The Balaban J connectivity index is 1.30. The summed E-state index contributed by atoms with van der Waals surface area (Å²) in [6.07, 6.45) is 18.3. The third-order valence-electron chi connectivity index (χ3n) is 8.93. The fourth-order valence-electron chi connectivity index (χ4n) is 5.72. The summed E-state index contributed by atoms with van der Waals surface area (Å²) < 4.78 is 10.5.